The maximum atomic E-state index is 12.8. The molecule has 0 saturated carbocycles. The zero-order chi connectivity index (χ0) is 23.1. The van der Waals surface area contributed by atoms with E-state index in [0.717, 1.165) is 5.56 Å². The third-order valence-corrected chi connectivity index (χ3v) is 6.35. The van der Waals surface area contributed by atoms with Gasteiger partial charge < -0.3 is 14.8 Å². The summed E-state index contributed by atoms with van der Waals surface area (Å²) in [5.41, 5.74) is 1.57. The summed E-state index contributed by atoms with van der Waals surface area (Å²) in [6, 6.07) is 18.1. The molecule has 0 aliphatic carbocycles. The number of anilines is 1. The van der Waals surface area contributed by atoms with Crippen LogP contribution >= 0.6 is 11.6 Å². The molecule has 3 rings (SSSR count). The predicted octanol–water partition coefficient (Wildman–Crippen LogP) is 4.27. The van der Waals surface area contributed by atoms with Crippen molar-refractivity contribution in [3.05, 3.63) is 82.9 Å². The van der Waals surface area contributed by atoms with Gasteiger partial charge in [-0.15, -0.1) is 0 Å². The van der Waals surface area contributed by atoms with Crippen LogP contribution in [0.3, 0.4) is 0 Å². The van der Waals surface area contributed by atoms with Gasteiger partial charge in [0.05, 0.1) is 18.7 Å². The first-order valence-electron chi connectivity index (χ1n) is 9.72. The van der Waals surface area contributed by atoms with Crippen LogP contribution in [0, 0.1) is 6.92 Å². The second-order valence-electron chi connectivity index (χ2n) is 6.90. The molecule has 168 valence electrons. The van der Waals surface area contributed by atoms with Gasteiger partial charge >= 0.3 is 0 Å². The van der Waals surface area contributed by atoms with E-state index in [1.807, 2.05) is 6.92 Å². The van der Waals surface area contributed by atoms with E-state index in [1.165, 1.54) is 18.2 Å². The lowest BCUT2D eigenvalue weighted by Crippen LogP contribution is -2.28. The van der Waals surface area contributed by atoms with E-state index in [9.17, 15) is 13.2 Å². The smallest absolute Gasteiger partial charge is 0.263 e. The minimum Gasteiger partial charge on any atom is -0.497 e. The molecule has 2 N–H and O–H groups in total. The van der Waals surface area contributed by atoms with Crippen LogP contribution in [0.5, 0.6) is 11.5 Å². The number of halogens is 1. The van der Waals surface area contributed by atoms with Gasteiger partial charge in [-0.2, -0.15) is 0 Å². The van der Waals surface area contributed by atoms with E-state index in [0.29, 0.717) is 17.2 Å². The molecule has 0 heterocycles. The summed E-state index contributed by atoms with van der Waals surface area (Å²) in [5.74, 6) is 0.837. The van der Waals surface area contributed by atoms with E-state index in [2.05, 4.69) is 10.0 Å². The summed E-state index contributed by atoms with van der Waals surface area (Å²) in [5, 5.41) is 2.71. The Morgan fingerprint density at radius 3 is 2.44 bits per heavy atom. The number of hydrogen-bond donors (Lipinski definition) is 2. The molecule has 0 aliphatic rings. The number of aryl methyl sites for hydroxylation is 1. The Morgan fingerprint density at radius 2 is 1.72 bits per heavy atom. The monoisotopic (exact) mass is 474 g/mol. The van der Waals surface area contributed by atoms with Crippen molar-refractivity contribution in [2.75, 3.05) is 25.0 Å². The number of amides is 1. The van der Waals surface area contributed by atoms with Crippen molar-refractivity contribution in [3.8, 4) is 11.5 Å². The van der Waals surface area contributed by atoms with E-state index in [4.69, 9.17) is 21.1 Å². The third-order valence-electron chi connectivity index (χ3n) is 4.48. The molecule has 0 radical (unpaired) electrons. The highest BCUT2D eigenvalue weighted by Crippen LogP contribution is 2.25. The van der Waals surface area contributed by atoms with E-state index in [-0.39, 0.29) is 28.6 Å². The number of sulfonamides is 1. The Kier molecular flexibility index (Phi) is 7.61. The molecule has 0 unspecified atom stereocenters. The van der Waals surface area contributed by atoms with Crippen LogP contribution in [0.2, 0.25) is 5.02 Å². The quantitative estimate of drug-likeness (QED) is 0.452. The van der Waals surface area contributed by atoms with Gasteiger partial charge in [-0.25, -0.2) is 8.42 Å². The highest BCUT2D eigenvalue weighted by molar-refractivity contribution is 7.92. The van der Waals surface area contributed by atoms with Crippen LogP contribution in [0.15, 0.2) is 71.6 Å². The van der Waals surface area contributed by atoms with E-state index in [1.54, 1.807) is 55.6 Å². The molecule has 32 heavy (non-hydrogen) atoms. The Balaban J connectivity index is 1.63. The third kappa shape index (κ3) is 6.15. The molecule has 3 aromatic carbocycles. The minimum atomic E-state index is -3.98. The molecule has 0 fully saturated rings. The van der Waals surface area contributed by atoms with Gasteiger partial charge in [-0.3, -0.25) is 9.52 Å². The Labute approximate surface area is 192 Å². The standard InChI is InChI=1S/C23H23ClN2O5S/c1-16-6-9-18(10-7-16)26-32(28,29)22-14-17(8-11-21(22)24)23(27)25-12-13-31-20-5-3-4-19(15-20)30-2/h3-11,14-15,26H,12-13H2,1-2H3,(H,25,27). The zero-order valence-electron chi connectivity index (χ0n) is 17.6. The topological polar surface area (TPSA) is 93.7 Å². The highest BCUT2D eigenvalue weighted by atomic mass is 35.5. The fourth-order valence-corrected chi connectivity index (χ4v) is 4.39. The Bertz CT molecular complexity index is 1200. The summed E-state index contributed by atoms with van der Waals surface area (Å²) in [7, 11) is -2.41. The van der Waals surface area contributed by atoms with Gasteiger partial charge in [0, 0.05) is 17.3 Å². The number of hydrogen-bond acceptors (Lipinski definition) is 5. The van der Waals surface area contributed by atoms with Crippen LogP contribution in [0.4, 0.5) is 5.69 Å². The number of benzene rings is 3. The molecule has 0 atom stereocenters. The van der Waals surface area contributed by atoms with E-state index >= 15 is 0 Å². The molecule has 0 bridgehead atoms. The summed E-state index contributed by atoms with van der Waals surface area (Å²) in [6.07, 6.45) is 0. The van der Waals surface area contributed by atoms with Crippen LogP contribution < -0.4 is 19.5 Å². The minimum absolute atomic E-state index is 0.0162. The SMILES string of the molecule is COc1cccc(OCCNC(=O)c2ccc(Cl)c(S(=O)(=O)Nc3ccc(C)cc3)c2)c1. The fraction of sp³-hybridized carbons (Fsp3) is 0.174. The van der Waals surface area contributed by atoms with Crippen molar-refractivity contribution in [3.63, 3.8) is 0 Å². The maximum Gasteiger partial charge on any atom is 0.263 e. The predicted molar refractivity (Wildman–Crippen MR) is 124 cm³/mol. The molecule has 3 aromatic rings. The van der Waals surface area contributed by atoms with Crippen molar-refractivity contribution >= 4 is 33.2 Å². The average Bonchev–Trinajstić information content (AvgIpc) is 2.78. The maximum absolute atomic E-state index is 12.8. The van der Waals surface area contributed by atoms with Crippen LogP contribution in [-0.2, 0) is 10.0 Å². The molecule has 0 saturated heterocycles. The zero-order valence-corrected chi connectivity index (χ0v) is 19.2. The van der Waals surface area contributed by atoms with Crippen molar-refractivity contribution in [1.29, 1.82) is 0 Å². The Morgan fingerprint density at radius 1 is 1.00 bits per heavy atom. The normalized spacial score (nSPS) is 11.0. The summed E-state index contributed by atoms with van der Waals surface area (Å²) >= 11 is 6.12. The van der Waals surface area contributed by atoms with E-state index < -0.39 is 15.9 Å². The van der Waals surface area contributed by atoms with Gasteiger partial charge in [0.2, 0.25) is 0 Å². The number of nitrogens with one attached hydrogen (secondary N) is 2. The first-order valence-corrected chi connectivity index (χ1v) is 11.6. The first-order chi connectivity index (χ1) is 15.3. The van der Waals surface area contributed by atoms with Gasteiger partial charge in [0.1, 0.15) is 23.0 Å². The summed E-state index contributed by atoms with van der Waals surface area (Å²) in [4.78, 5) is 12.3. The second-order valence-corrected chi connectivity index (χ2v) is 8.96. The molecule has 7 nitrogen and oxygen atoms in total. The van der Waals surface area contributed by atoms with Gasteiger partial charge in [-0.1, -0.05) is 35.4 Å². The highest BCUT2D eigenvalue weighted by Gasteiger charge is 2.20. The lowest BCUT2D eigenvalue weighted by Gasteiger charge is -2.12. The van der Waals surface area contributed by atoms with Crippen molar-refractivity contribution in [1.82, 2.24) is 5.32 Å². The molecule has 0 aromatic heterocycles. The van der Waals surface area contributed by atoms with Crippen molar-refractivity contribution in [2.45, 2.75) is 11.8 Å². The number of ether oxygens (including phenoxy) is 2. The molecule has 9 heteroatoms. The Hall–Kier alpha value is -3.23. The van der Waals surface area contributed by atoms with Crippen molar-refractivity contribution in [2.24, 2.45) is 0 Å². The fourth-order valence-electron chi connectivity index (χ4n) is 2.81. The molecule has 0 spiro atoms. The lowest BCUT2D eigenvalue weighted by atomic mass is 10.2. The number of carbonyl (C=O) groups is 1. The molecular weight excluding hydrogens is 452 g/mol. The first kappa shape index (κ1) is 23.4. The number of carbonyl (C=O) groups excluding carboxylic acids is 1. The summed E-state index contributed by atoms with van der Waals surface area (Å²) < 4.78 is 38.8. The number of rotatable bonds is 9. The van der Waals surface area contributed by atoms with Gasteiger partial charge in [-0.05, 0) is 49.4 Å². The van der Waals surface area contributed by atoms with Crippen LogP contribution in [0.25, 0.3) is 0 Å². The van der Waals surface area contributed by atoms with Gasteiger partial charge in [0.25, 0.3) is 15.9 Å². The second kappa shape index (κ2) is 10.4. The molecular formula is C23H23ClN2O5S. The van der Waals surface area contributed by atoms with Gasteiger partial charge in [0.15, 0.2) is 0 Å². The van der Waals surface area contributed by atoms with Crippen LogP contribution in [-0.4, -0.2) is 34.6 Å². The summed E-state index contributed by atoms with van der Waals surface area (Å²) in [6.45, 7) is 2.36. The molecule has 1 amide bonds. The average molecular weight is 475 g/mol. The number of methoxy groups -OCH3 is 1. The van der Waals surface area contributed by atoms with Crippen LogP contribution in [0.1, 0.15) is 15.9 Å². The lowest BCUT2D eigenvalue weighted by molar-refractivity contribution is 0.0946. The largest absolute Gasteiger partial charge is 0.497 e. The molecule has 0 aliphatic heterocycles. The van der Waals surface area contributed by atoms with Crippen molar-refractivity contribution < 1.29 is 22.7 Å².